The first-order chi connectivity index (χ1) is 14.6. The summed E-state index contributed by atoms with van der Waals surface area (Å²) in [6.45, 7) is -0.131. The number of amides is 3. The monoisotopic (exact) mass is 422 g/mol. The van der Waals surface area contributed by atoms with Crippen molar-refractivity contribution in [1.29, 1.82) is 0 Å². The van der Waals surface area contributed by atoms with Crippen molar-refractivity contribution >= 4 is 34.9 Å². The third kappa shape index (κ3) is 5.68. The van der Waals surface area contributed by atoms with Crippen molar-refractivity contribution in [3.63, 3.8) is 0 Å². The fourth-order valence-corrected chi connectivity index (χ4v) is 3.70. The number of allylic oxidation sites excluding steroid dienone is 2. The lowest BCUT2D eigenvalue weighted by Gasteiger charge is -2.24. The van der Waals surface area contributed by atoms with Crippen molar-refractivity contribution < 1.29 is 19.5 Å². The van der Waals surface area contributed by atoms with Gasteiger partial charge in [-0.25, -0.2) is 0 Å². The molecule has 0 aromatic heterocycles. The third-order valence-corrected chi connectivity index (χ3v) is 5.37. The lowest BCUT2D eigenvalue weighted by atomic mass is 10.2. The molecule has 2 aromatic carbocycles. The fourth-order valence-electron chi connectivity index (χ4n) is 2.91. The molecule has 1 saturated heterocycles. The summed E-state index contributed by atoms with van der Waals surface area (Å²) >= 11 is 0.815. The van der Waals surface area contributed by atoms with Gasteiger partial charge in [-0.05, 0) is 29.0 Å². The molecule has 0 saturated carbocycles. The van der Waals surface area contributed by atoms with E-state index in [9.17, 15) is 19.5 Å². The molecule has 0 spiro atoms. The number of thioether (sulfide) groups is 1. The zero-order valence-corrected chi connectivity index (χ0v) is 17.1. The van der Waals surface area contributed by atoms with Gasteiger partial charge in [-0.3, -0.25) is 19.3 Å². The molecular formula is C23H22N2O4S. The molecule has 1 N–H and O–H groups in total. The van der Waals surface area contributed by atoms with Crippen LogP contribution in [0.5, 0.6) is 0 Å². The standard InChI is InChI=1S/C23H22N2O4S/c26-15-14-24(16-19-10-5-2-6-11-19)21(27)17-25-22(28)20(30-23(25)29)13-7-12-18-8-3-1-4-9-18/h1-13,26H,14-17H2/b12-7+,20-13-. The summed E-state index contributed by atoms with van der Waals surface area (Å²) in [5, 5.41) is 8.82. The molecule has 1 aliphatic heterocycles. The summed E-state index contributed by atoms with van der Waals surface area (Å²) in [5.74, 6) is -0.879. The lowest BCUT2D eigenvalue weighted by Crippen LogP contribution is -2.42. The summed E-state index contributed by atoms with van der Waals surface area (Å²) in [6.07, 6.45) is 5.13. The van der Waals surface area contributed by atoms with Crippen LogP contribution in [-0.4, -0.2) is 51.7 Å². The van der Waals surface area contributed by atoms with Gasteiger partial charge in [0.1, 0.15) is 6.54 Å². The molecular weight excluding hydrogens is 400 g/mol. The molecule has 0 unspecified atom stereocenters. The highest BCUT2D eigenvalue weighted by Gasteiger charge is 2.36. The van der Waals surface area contributed by atoms with E-state index in [4.69, 9.17) is 0 Å². The average molecular weight is 423 g/mol. The van der Waals surface area contributed by atoms with E-state index in [0.717, 1.165) is 27.8 Å². The maximum Gasteiger partial charge on any atom is 0.294 e. The molecule has 0 bridgehead atoms. The van der Waals surface area contributed by atoms with E-state index in [1.807, 2.05) is 66.7 Å². The molecule has 1 heterocycles. The van der Waals surface area contributed by atoms with Crippen LogP contribution in [0, 0.1) is 0 Å². The second-order valence-corrected chi connectivity index (χ2v) is 7.58. The minimum absolute atomic E-state index is 0.125. The minimum atomic E-state index is -0.486. The average Bonchev–Trinajstić information content (AvgIpc) is 3.02. The fraction of sp³-hybridized carbons (Fsp3) is 0.174. The Balaban J connectivity index is 1.65. The summed E-state index contributed by atoms with van der Waals surface area (Å²) in [7, 11) is 0. The quantitative estimate of drug-likeness (QED) is 0.661. The lowest BCUT2D eigenvalue weighted by molar-refractivity contribution is -0.136. The third-order valence-electron chi connectivity index (χ3n) is 4.44. The van der Waals surface area contributed by atoms with Gasteiger partial charge in [0.25, 0.3) is 11.1 Å². The van der Waals surface area contributed by atoms with Crippen molar-refractivity contribution in [2.45, 2.75) is 6.54 Å². The maximum atomic E-state index is 12.7. The second-order valence-electron chi connectivity index (χ2n) is 6.58. The Bertz CT molecular complexity index is 958. The first kappa shape index (κ1) is 21.5. The molecule has 0 atom stereocenters. The van der Waals surface area contributed by atoms with Crippen LogP contribution in [0.2, 0.25) is 0 Å². The van der Waals surface area contributed by atoms with Crippen molar-refractivity contribution in [2.24, 2.45) is 0 Å². The summed E-state index contributed by atoms with van der Waals surface area (Å²) in [6, 6.07) is 18.9. The van der Waals surface area contributed by atoms with Crippen molar-refractivity contribution in [1.82, 2.24) is 9.80 Å². The van der Waals surface area contributed by atoms with Crippen molar-refractivity contribution in [3.8, 4) is 0 Å². The number of carbonyl (C=O) groups excluding carboxylic acids is 3. The Morgan fingerprint density at radius 1 is 1.03 bits per heavy atom. The predicted octanol–water partition coefficient (Wildman–Crippen LogP) is 3.30. The van der Waals surface area contributed by atoms with E-state index < -0.39 is 17.1 Å². The van der Waals surface area contributed by atoms with Crippen molar-refractivity contribution in [3.05, 3.63) is 88.8 Å². The number of imide groups is 1. The second kappa shape index (κ2) is 10.6. The summed E-state index contributed by atoms with van der Waals surface area (Å²) in [4.78, 5) is 40.3. The normalized spacial score (nSPS) is 15.4. The molecule has 3 rings (SSSR count). The van der Waals surface area contributed by atoms with E-state index in [1.165, 1.54) is 4.90 Å². The molecule has 0 aliphatic carbocycles. The van der Waals surface area contributed by atoms with E-state index in [2.05, 4.69) is 0 Å². The Hall–Kier alpha value is -3.16. The largest absolute Gasteiger partial charge is 0.395 e. The zero-order valence-electron chi connectivity index (χ0n) is 16.3. The maximum absolute atomic E-state index is 12.7. The van der Waals surface area contributed by atoms with Gasteiger partial charge in [0.2, 0.25) is 5.91 Å². The molecule has 1 fully saturated rings. The molecule has 0 radical (unpaired) electrons. The molecule has 30 heavy (non-hydrogen) atoms. The SMILES string of the molecule is O=C(CN1C(=O)S/C(=C\C=C\c2ccccc2)C1=O)N(CCO)Cc1ccccc1. The smallest absolute Gasteiger partial charge is 0.294 e. The highest BCUT2D eigenvalue weighted by molar-refractivity contribution is 8.18. The van der Waals surface area contributed by atoms with Gasteiger partial charge in [0.15, 0.2) is 0 Å². The Labute approximate surface area is 179 Å². The van der Waals surface area contributed by atoms with Gasteiger partial charge in [0.05, 0.1) is 11.5 Å². The molecule has 6 nitrogen and oxygen atoms in total. The molecule has 154 valence electrons. The van der Waals surface area contributed by atoms with Gasteiger partial charge in [0, 0.05) is 13.1 Å². The highest BCUT2D eigenvalue weighted by Crippen LogP contribution is 2.30. The first-order valence-electron chi connectivity index (χ1n) is 9.48. The summed E-state index contributed by atoms with van der Waals surface area (Å²) in [5.41, 5.74) is 1.88. The molecule has 2 aromatic rings. The van der Waals surface area contributed by atoms with Gasteiger partial charge >= 0.3 is 0 Å². The van der Waals surface area contributed by atoms with Crippen LogP contribution in [-0.2, 0) is 16.1 Å². The first-order valence-corrected chi connectivity index (χ1v) is 10.3. The Morgan fingerprint density at radius 3 is 2.37 bits per heavy atom. The van der Waals surface area contributed by atoms with Crippen LogP contribution < -0.4 is 0 Å². The van der Waals surface area contributed by atoms with E-state index in [1.54, 1.807) is 12.2 Å². The number of aliphatic hydroxyl groups excluding tert-OH is 1. The number of carbonyl (C=O) groups is 3. The molecule has 1 aliphatic rings. The highest BCUT2D eigenvalue weighted by atomic mass is 32.2. The van der Waals surface area contributed by atoms with Crippen LogP contribution in [0.25, 0.3) is 6.08 Å². The molecule has 3 amide bonds. The topological polar surface area (TPSA) is 77.9 Å². The number of benzene rings is 2. The van der Waals surface area contributed by atoms with E-state index in [0.29, 0.717) is 6.54 Å². The zero-order chi connectivity index (χ0) is 21.3. The number of nitrogens with zero attached hydrogens (tertiary/aromatic N) is 2. The predicted molar refractivity (Wildman–Crippen MR) is 117 cm³/mol. The number of rotatable bonds is 8. The van der Waals surface area contributed by atoms with Crippen LogP contribution in [0.1, 0.15) is 11.1 Å². The Kier molecular flexibility index (Phi) is 7.59. The van der Waals surface area contributed by atoms with E-state index in [-0.39, 0.29) is 24.6 Å². The van der Waals surface area contributed by atoms with Crippen LogP contribution in [0.4, 0.5) is 4.79 Å². The summed E-state index contributed by atoms with van der Waals surface area (Å²) < 4.78 is 0. The van der Waals surface area contributed by atoms with Crippen molar-refractivity contribution in [2.75, 3.05) is 19.7 Å². The van der Waals surface area contributed by atoms with Gasteiger partial charge in [-0.2, -0.15) is 0 Å². The Morgan fingerprint density at radius 2 is 1.70 bits per heavy atom. The molecule has 7 heteroatoms. The van der Waals surface area contributed by atoms with E-state index >= 15 is 0 Å². The van der Waals surface area contributed by atoms with Crippen LogP contribution >= 0.6 is 11.8 Å². The number of aliphatic hydroxyl groups is 1. The number of hydrogen-bond acceptors (Lipinski definition) is 5. The van der Waals surface area contributed by atoms with Gasteiger partial charge < -0.3 is 10.0 Å². The van der Waals surface area contributed by atoms with Gasteiger partial charge in [-0.1, -0.05) is 72.8 Å². The van der Waals surface area contributed by atoms with Crippen LogP contribution in [0.3, 0.4) is 0 Å². The van der Waals surface area contributed by atoms with Crippen LogP contribution in [0.15, 0.2) is 77.7 Å². The number of hydrogen-bond donors (Lipinski definition) is 1. The van der Waals surface area contributed by atoms with Gasteiger partial charge in [-0.15, -0.1) is 0 Å². The minimum Gasteiger partial charge on any atom is -0.395 e.